The summed E-state index contributed by atoms with van der Waals surface area (Å²) in [6.07, 6.45) is 0. The summed E-state index contributed by atoms with van der Waals surface area (Å²) in [6, 6.07) is 8.03. The molecule has 0 radical (unpaired) electrons. The molecule has 5 heteroatoms. The van der Waals surface area contributed by atoms with Crippen LogP contribution in [0.4, 0.5) is 10.1 Å². The molecule has 0 amide bonds. The second-order valence-corrected chi connectivity index (χ2v) is 3.35. The molecule has 0 aromatic heterocycles. The van der Waals surface area contributed by atoms with Crippen LogP contribution < -0.4 is 4.90 Å². The Hall–Kier alpha value is -1.78. The Morgan fingerprint density at radius 1 is 1.25 bits per heavy atom. The quantitative estimate of drug-likeness (QED) is 0.597. The van der Waals surface area contributed by atoms with Crippen LogP contribution in [0.3, 0.4) is 0 Å². The number of halogens is 2. The second-order valence-electron chi connectivity index (χ2n) is 3.08. The van der Waals surface area contributed by atoms with Crippen LogP contribution in [0.25, 0.3) is 0 Å². The van der Waals surface area contributed by atoms with Crippen LogP contribution >= 0.6 is 11.6 Å². The van der Waals surface area contributed by atoms with Gasteiger partial charge in [0.05, 0.1) is 12.1 Å². The number of anilines is 1. The number of benzene rings is 1. The zero-order chi connectivity index (χ0) is 12.0. The minimum Gasteiger partial charge on any atom is -0.345 e. The van der Waals surface area contributed by atoms with Crippen molar-refractivity contribution in [2.24, 2.45) is 0 Å². The van der Waals surface area contributed by atoms with Crippen molar-refractivity contribution < 1.29 is 4.39 Å². The Morgan fingerprint density at radius 3 is 2.38 bits per heavy atom. The second kappa shape index (κ2) is 5.95. The summed E-state index contributed by atoms with van der Waals surface area (Å²) in [5.74, 6) is -0.242. The molecule has 0 atom stereocenters. The number of hydrogen-bond acceptors (Lipinski definition) is 3. The largest absolute Gasteiger partial charge is 0.345 e. The van der Waals surface area contributed by atoms with E-state index in [0.29, 0.717) is 11.3 Å². The molecule has 0 fully saturated rings. The van der Waals surface area contributed by atoms with Crippen molar-refractivity contribution in [2.45, 2.75) is 5.88 Å². The van der Waals surface area contributed by atoms with Crippen molar-refractivity contribution in [3.8, 4) is 12.1 Å². The van der Waals surface area contributed by atoms with Gasteiger partial charge in [-0.15, -0.1) is 11.6 Å². The number of alkyl halides is 1. The average Bonchev–Trinajstić information content (AvgIpc) is 2.28. The molecule has 0 aliphatic rings. The Balaban J connectivity index is 3.09. The third-order valence-electron chi connectivity index (χ3n) is 2.05. The van der Waals surface area contributed by atoms with Crippen LogP contribution in [0.1, 0.15) is 5.56 Å². The maximum atomic E-state index is 13.0. The zero-order valence-corrected chi connectivity index (χ0v) is 9.21. The molecule has 82 valence electrons. The van der Waals surface area contributed by atoms with Crippen molar-refractivity contribution in [3.05, 3.63) is 29.6 Å². The minimum absolute atomic E-state index is 0.0725. The molecule has 0 unspecified atom stereocenters. The lowest BCUT2D eigenvalue weighted by Crippen LogP contribution is -2.24. The molecule has 1 aromatic carbocycles. The van der Waals surface area contributed by atoms with Gasteiger partial charge in [0, 0.05) is 11.6 Å². The zero-order valence-electron chi connectivity index (χ0n) is 8.45. The highest BCUT2D eigenvalue weighted by molar-refractivity contribution is 6.17. The summed E-state index contributed by atoms with van der Waals surface area (Å²) in [4.78, 5) is 1.55. The molecular weight excluding hydrogens is 229 g/mol. The highest BCUT2D eigenvalue weighted by Crippen LogP contribution is 2.23. The van der Waals surface area contributed by atoms with Crippen molar-refractivity contribution in [3.63, 3.8) is 0 Å². The van der Waals surface area contributed by atoms with Gasteiger partial charge < -0.3 is 4.90 Å². The Morgan fingerprint density at radius 2 is 1.88 bits per heavy atom. The van der Waals surface area contributed by atoms with Gasteiger partial charge in [-0.2, -0.15) is 10.5 Å². The van der Waals surface area contributed by atoms with Gasteiger partial charge in [0.2, 0.25) is 0 Å². The molecule has 1 aromatic rings. The molecule has 0 N–H and O–H groups in total. The first-order valence-electron chi connectivity index (χ1n) is 4.56. The summed E-state index contributed by atoms with van der Waals surface area (Å²) >= 11 is 5.69. The summed E-state index contributed by atoms with van der Waals surface area (Å²) in [5.41, 5.74) is 1.20. The van der Waals surface area contributed by atoms with E-state index in [2.05, 4.69) is 0 Å². The fourth-order valence-corrected chi connectivity index (χ4v) is 1.58. The Kier molecular flexibility index (Phi) is 4.57. The predicted octanol–water partition coefficient (Wildman–Crippen LogP) is 2.42. The molecule has 0 aliphatic heterocycles. The minimum atomic E-state index is -0.381. The van der Waals surface area contributed by atoms with Crippen molar-refractivity contribution >= 4 is 17.3 Å². The first-order valence-corrected chi connectivity index (χ1v) is 5.09. The first kappa shape index (κ1) is 12.3. The van der Waals surface area contributed by atoms with Crippen molar-refractivity contribution in [2.75, 3.05) is 18.0 Å². The van der Waals surface area contributed by atoms with Gasteiger partial charge in [-0.1, -0.05) is 0 Å². The maximum absolute atomic E-state index is 13.0. The summed E-state index contributed by atoms with van der Waals surface area (Å²) in [7, 11) is 0. The average molecular weight is 238 g/mol. The van der Waals surface area contributed by atoms with Crippen LogP contribution in [0.5, 0.6) is 0 Å². The van der Waals surface area contributed by atoms with E-state index in [1.54, 1.807) is 4.90 Å². The van der Waals surface area contributed by atoms with Gasteiger partial charge >= 0.3 is 0 Å². The number of hydrogen-bond donors (Lipinski definition) is 0. The van der Waals surface area contributed by atoms with Gasteiger partial charge in [0.1, 0.15) is 18.9 Å². The monoisotopic (exact) mass is 237 g/mol. The topological polar surface area (TPSA) is 50.8 Å². The fourth-order valence-electron chi connectivity index (χ4n) is 1.37. The number of nitriles is 2. The summed E-state index contributed by atoms with van der Waals surface area (Å²) in [6.45, 7) is 0.145. The van der Waals surface area contributed by atoms with Crippen LogP contribution in [-0.4, -0.2) is 13.1 Å². The molecule has 0 saturated heterocycles. The molecule has 0 heterocycles. The molecule has 0 spiro atoms. The number of rotatable bonds is 4. The summed E-state index contributed by atoms with van der Waals surface area (Å²) in [5, 5.41) is 17.3. The van der Waals surface area contributed by atoms with E-state index in [0.717, 1.165) is 0 Å². The van der Waals surface area contributed by atoms with Crippen molar-refractivity contribution in [1.29, 1.82) is 10.5 Å². The summed E-state index contributed by atoms with van der Waals surface area (Å²) < 4.78 is 13.0. The lowest BCUT2D eigenvalue weighted by molar-refractivity contribution is 0.626. The third kappa shape index (κ3) is 2.85. The van der Waals surface area contributed by atoms with Gasteiger partial charge in [-0.05, 0) is 23.8 Å². The maximum Gasteiger partial charge on any atom is 0.123 e. The normalized spacial score (nSPS) is 9.25. The standard InChI is InChI=1S/C11H9ClFN3/c12-8-9-7-10(13)1-2-11(9)16(5-3-14)6-4-15/h1-2,7H,5-6,8H2. The van der Waals surface area contributed by atoms with Gasteiger partial charge in [-0.3, -0.25) is 0 Å². The van der Waals surface area contributed by atoms with E-state index >= 15 is 0 Å². The molecule has 16 heavy (non-hydrogen) atoms. The van der Waals surface area contributed by atoms with Crippen LogP contribution in [-0.2, 0) is 5.88 Å². The van der Waals surface area contributed by atoms with E-state index in [9.17, 15) is 4.39 Å². The number of nitrogens with zero attached hydrogens (tertiary/aromatic N) is 3. The molecule has 0 bridgehead atoms. The van der Waals surface area contributed by atoms with E-state index in [-0.39, 0.29) is 24.8 Å². The van der Waals surface area contributed by atoms with E-state index in [1.807, 2.05) is 12.1 Å². The van der Waals surface area contributed by atoms with E-state index in [1.165, 1.54) is 18.2 Å². The van der Waals surface area contributed by atoms with Gasteiger partial charge in [0.15, 0.2) is 0 Å². The molecule has 0 saturated carbocycles. The highest BCUT2D eigenvalue weighted by Gasteiger charge is 2.10. The Bertz CT molecular complexity index is 432. The van der Waals surface area contributed by atoms with Gasteiger partial charge in [-0.25, -0.2) is 4.39 Å². The van der Waals surface area contributed by atoms with E-state index in [4.69, 9.17) is 22.1 Å². The molecule has 0 aliphatic carbocycles. The lowest BCUT2D eigenvalue weighted by Gasteiger charge is -2.20. The van der Waals surface area contributed by atoms with Crippen molar-refractivity contribution in [1.82, 2.24) is 0 Å². The predicted molar refractivity (Wildman–Crippen MR) is 59.4 cm³/mol. The van der Waals surface area contributed by atoms with E-state index < -0.39 is 0 Å². The lowest BCUT2D eigenvalue weighted by atomic mass is 10.1. The first-order chi connectivity index (χ1) is 7.72. The fraction of sp³-hybridized carbons (Fsp3) is 0.273. The van der Waals surface area contributed by atoms with Crippen LogP contribution in [0.15, 0.2) is 18.2 Å². The Labute approximate surface area is 98.3 Å². The third-order valence-corrected chi connectivity index (χ3v) is 2.34. The SMILES string of the molecule is N#CCN(CC#N)c1ccc(F)cc1CCl. The van der Waals surface area contributed by atoms with Crippen LogP contribution in [0.2, 0.25) is 0 Å². The van der Waals surface area contributed by atoms with Crippen LogP contribution in [0, 0.1) is 28.5 Å². The highest BCUT2D eigenvalue weighted by atomic mass is 35.5. The molecular formula is C11H9ClFN3. The smallest absolute Gasteiger partial charge is 0.123 e. The van der Waals surface area contributed by atoms with Gasteiger partial charge in [0.25, 0.3) is 0 Å². The molecule has 3 nitrogen and oxygen atoms in total. The molecule has 1 rings (SSSR count).